The first-order chi connectivity index (χ1) is 34.6. The molecule has 368 valence electrons. The topological polar surface area (TPSA) is 34.6 Å². The Balaban J connectivity index is 1.46. The highest BCUT2D eigenvalue weighted by Crippen LogP contribution is 2.64. The number of nitriles is 1. The predicted octanol–water partition coefficient (Wildman–Crippen LogP) is 19.1. The van der Waals surface area contributed by atoms with Crippen LogP contribution in [0, 0.1) is 36.5 Å². The third-order valence-electron chi connectivity index (χ3n) is 15.5. The van der Waals surface area contributed by atoms with E-state index < -0.39 is 17.0 Å². The molecule has 0 bridgehead atoms. The molecule has 8 rings (SSSR count). The van der Waals surface area contributed by atoms with Gasteiger partial charge in [0.05, 0.1) is 40.7 Å². The van der Waals surface area contributed by atoms with Crippen molar-refractivity contribution in [2.45, 2.75) is 168 Å². The largest absolute Gasteiger partial charge is 0.344 e. The molecule has 2 aliphatic heterocycles. The fourth-order valence-electron chi connectivity index (χ4n) is 11.6. The van der Waals surface area contributed by atoms with Crippen molar-refractivity contribution in [2.75, 3.05) is 16.8 Å². The SMILES string of the molecule is [C-]#[N+]c1cc(C)c(F)cc1-c1cc(F)c(N2c3ccc(CCCCCC)cc3C3(c4cc(CCCCCC)ccc4N(C)c4ccc(CCCCCC)cc43)c3cc(CCCCCC)ccc32)cc1C#N. The van der Waals surface area contributed by atoms with Crippen LogP contribution in [0.2, 0.25) is 0 Å². The van der Waals surface area contributed by atoms with Crippen molar-refractivity contribution in [1.29, 1.82) is 5.26 Å². The van der Waals surface area contributed by atoms with Crippen LogP contribution < -0.4 is 9.80 Å². The van der Waals surface area contributed by atoms with Crippen LogP contribution >= 0.6 is 0 Å². The Morgan fingerprint density at radius 2 is 0.887 bits per heavy atom. The summed E-state index contributed by atoms with van der Waals surface area (Å²) in [4.78, 5) is 8.15. The van der Waals surface area contributed by atoms with Gasteiger partial charge in [-0.1, -0.05) is 159 Å². The lowest BCUT2D eigenvalue weighted by Crippen LogP contribution is -2.42. The fourth-order valence-corrected chi connectivity index (χ4v) is 11.6. The number of anilines is 5. The predicted molar refractivity (Wildman–Crippen MR) is 294 cm³/mol. The van der Waals surface area contributed by atoms with E-state index in [0.717, 1.165) is 99.6 Å². The van der Waals surface area contributed by atoms with Crippen LogP contribution in [0.3, 0.4) is 0 Å². The molecule has 0 saturated carbocycles. The number of rotatable bonds is 22. The second kappa shape index (κ2) is 23.3. The maximum absolute atomic E-state index is 17.8. The molecule has 2 heterocycles. The van der Waals surface area contributed by atoms with Gasteiger partial charge >= 0.3 is 0 Å². The van der Waals surface area contributed by atoms with Gasteiger partial charge in [0.15, 0.2) is 5.69 Å². The van der Waals surface area contributed by atoms with Crippen LogP contribution in [0.5, 0.6) is 0 Å². The molecule has 0 fully saturated rings. The number of benzene rings is 6. The summed E-state index contributed by atoms with van der Waals surface area (Å²) in [6.45, 7) is 18.6. The molecule has 6 aromatic rings. The average Bonchev–Trinajstić information content (AvgIpc) is 3.38. The molecule has 0 atom stereocenters. The molecule has 0 unspecified atom stereocenters. The summed E-state index contributed by atoms with van der Waals surface area (Å²) < 4.78 is 33.0. The van der Waals surface area contributed by atoms with Crippen molar-refractivity contribution in [3.63, 3.8) is 0 Å². The van der Waals surface area contributed by atoms with E-state index in [9.17, 15) is 5.26 Å². The van der Waals surface area contributed by atoms with E-state index in [1.54, 1.807) is 13.0 Å². The normalized spacial score (nSPS) is 13.1. The summed E-state index contributed by atoms with van der Waals surface area (Å²) >= 11 is 0. The van der Waals surface area contributed by atoms with Gasteiger partial charge in [0, 0.05) is 18.4 Å². The summed E-state index contributed by atoms with van der Waals surface area (Å²) in [5.41, 5.74) is 14.5. The van der Waals surface area contributed by atoms with Gasteiger partial charge in [-0.05, 0) is 162 Å². The zero-order valence-electron chi connectivity index (χ0n) is 43.4. The van der Waals surface area contributed by atoms with Gasteiger partial charge in [0.1, 0.15) is 11.6 Å². The lowest BCUT2D eigenvalue weighted by Gasteiger charge is -2.51. The minimum atomic E-state index is -0.783. The molecule has 6 aromatic carbocycles. The van der Waals surface area contributed by atoms with Crippen LogP contribution in [0.1, 0.15) is 186 Å². The third-order valence-corrected chi connectivity index (χ3v) is 15.5. The van der Waals surface area contributed by atoms with Gasteiger partial charge in [0.2, 0.25) is 0 Å². The number of hydrogen-bond acceptors (Lipinski definition) is 3. The van der Waals surface area contributed by atoms with E-state index in [2.05, 4.69) is 128 Å². The fraction of sp³-hybridized carbons (Fsp3) is 0.415. The van der Waals surface area contributed by atoms with Gasteiger partial charge in [-0.2, -0.15) is 5.26 Å². The Morgan fingerprint density at radius 1 is 0.493 bits per heavy atom. The van der Waals surface area contributed by atoms with Crippen molar-refractivity contribution >= 4 is 34.1 Å². The van der Waals surface area contributed by atoms with E-state index in [-0.39, 0.29) is 28.1 Å². The molecule has 71 heavy (non-hydrogen) atoms. The number of fused-ring (bicyclic) bond motifs is 8. The summed E-state index contributed by atoms with van der Waals surface area (Å²) in [5, 5.41) is 10.9. The molecule has 1 spiro atoms. The average molecular weight is 949 g/mol. The first-order valence-corrected chi connectivity index (χ1v) is 27.1. The highest BCUT2D eigenvalue weighted by Gasteiger charge is 2.52. The van der Waals surface area contributed by atoms with Crippen molar-refractivity contribution in [2.24, 2.45) is 0 Å². The smallest absolute Gasteiger partial charge is 0.195 e. The summed E-state index contributed by atoms with van der Waals surface area (Å²) in [5.74, 6) is -1.06. The van der Waals surface area contributed by atoms with Gasteiger partial charge < -0.3 is 9.80 Å². The van der Waals surface area contributed by atoms with Gasteiger partial charge in [-0.3, -0.25) is 0 Å². The quantitative estimate of drug-likeness (QED) is 0.0502. The summed E-state index contributed by atoms with van der Waals surface area (Å²) in [6.07, 6.45) is 22.5. The van der Waals surface area contributed by atoms with Crippen LogP contribution in [-0.2, 0) is 31.1 Å². The summed E-state index contributed by atoms with van der Waals surface area (Å²) in [6, 6.07) is 36.2. The molecule has 0 radical (unpaired) electrons. The number of nitrogens with zero attached hydrogens (tertiary/aromatic N) is 4. The Labute approximate surface area is 424 Å². The Hall–Kier alpha value is -6.24. The number of halogens is 2. The zero-order chi connectivity index (χ0) is 50.1. The first kappa shape index (κ1) is 51.1. The summed E-state index contributed by atoms with van der Waals surface area (Å²) in [7, 11) is 2.22. The first-order valence-electron chi connectivity index (χ1n) is 27.1. The Morgan fingerprint density at radius 3 is 1.28 bits per heavy atom. The molecule has 4 nitrogen and oxygen atoms in total. The van der Waals surface area contributed by atoms with Gasteiger partial charge in [0.25, 0.3) is 0 Å². The minimum Gasteiger partial charge on any atom is -0.344 e. The highest BCUT2D eigenvalue weighted by molar-refractivity contribution is 5.96. The minimum absolute atomic E-state index is 0.174. The van der Waals surface area contributed by atoms with E-state index in [0.29, 0.717) is 5.56 Å². The van der Waals surface area contributed by atoms with E-state index in [4.69, 9.17) is 6.57 Å². The lowest BCUT2D eigenvalue weighted by atomic mass is 9.59. The third kappa shape index (κ3) is 10.3. The van der Waals surface area contributed by atoms with E-state index in [1.807, 2.05) is 0 Å². The molecular formula is C65H74F2N4. The highest BCUT2D eigenvalue weighted by atomic mass is 19.1. The second-order valence-corrected chi connectivity index (χ2v) is 20.5. The van der Waals surface area contributed by atoms with Crippen LogP contribution in [0.25, 0.3) is 16.0 Å². The molecule has 0 aromatic heterocycles. The maximum Gasteiger partial charge on any atom is 0.195 e. The molecule has 0 amide bonds. The van der Waals surface area contributed by atoms with Gasteiger partial charge in [-0.25, -0.2) is 13.6 Å². The van der Waals surface area contributed by atoms with E-state index in [1.165, 1.54) is 114 Å². The monoisotopic (exact) mass is 949 g/mol. The van der Waals surface area contributed by atoms with Crippen LogP contribution in [0.15, 0.2) is 97.1 Å². The van der Waals surface area contributed by atoms with Crippen LogP contribution in [-0.4, -0.2) is 7.05 Å². The Bertz CT molecular complexity index is 2800. The number of unbranched alkanes of at least 4 members (excludes halogenated alkanes) is 12. The van der Waals surface area contributed by atoms with Crippen molar-refractivity contribution in [1.82, 2.24) is 0 Å². The molecule has 2 aliphatic rings. The number of aryl methyl sites for hydroxylation is 5. The zero-order valence-corrected chi connectivity index (χ0v) is 43.4. The van der Waals surface area contributed by atoms with Gasteiger partial charge in [-0.15, -0.1) is 0 Å². The van der Waals surface area contributed by atoms with Crippen molar-refractivity contribution in [3.05, 3.63) is 176 Å². The number of hydrogen-bond donors (Lipinski definition) is 0. The molecular weight excluding hydrogens is 875 g/mol. The van der Waals surface area contributed by atoms with Crippen LogP contribution in [0.4, 0.5) is 42.9 Å². The Kier molecular flexibility index (Phi) is 16.8. The molecule has 0 N–H and O–H groups in total. The lowest BCUT2D eigenvalue weighted by molar-refractivity contribution is 0.618. The van der Waals surface area contributed by atoms with Crippen molar-refractivity contribution in [3.8, 4) is 17.2 Å². The maximum atomic E-state index is 17.8. The van der Waals surface area contributed by atoms with E-state index >= 15 is 8.78 Å². The molecule has 0 saturated heterocycles. The van der Waals surface area contributed by atoms with Crippen molar-refractivity contribution < 1.29 is 8.78 Å². The second-order valence-electron chi connectivity index (χ2n) is 20.5. The molecule has 6 heteroatoms. The molecule has 0 aliphatic carbocycles. The standard InChI is InChI=1S/C65H74F2N4/c1-8-12-16-20-24-46-28-32-60-53(37-46)65(54-38-47(25-21-17-13-9-2)29-33-61(54)70(60)7)55-39-48(26-22-18-14-10-3)30-34-62(55)71(63-35-31-49(40-56(63)65)27-23-19-15-11-4)64-41-50(44-68)51(42-58(64)67)52-43-57(66)45(5)36-59(52)69-6/h28-43H,8-27H2,1-5,7H3.